The molecule has 0 saturated carbocycles. The van der Waals surface area contributed by atoms with Gasteiger partial charge in [0.15, 0.2) is 6.61 Å². The zero-order chi connectivity index (χ0) is 17.1. The first kappa shape index (κ1) is 15.6. The van der Waals surface area contributed by atoms with E-state index in [1.54, 1.807) is 18.2 Å². The fourth-order valence-corrected chi connectivity index (χ4v) is 2.40. The number of fused-ring (bicyclic) bond motifs is 1. The molecule has 1 N–H and O–H groups in total. The Bertz CT molecular complexity index is 957. The van der Waals surface area contributed by atoms with Crippen LogP contribution in [0.4, 0.5) is 0 Å². The Kier molecular flexibility index (Phi) is 4.20. The molecule has 0 radical (unpaired) electrons. The molecule has 6 nitrogen and oxygen atoms in total. The summed E-state index contributed by atoms with van der Waals surface area (Å²) in [5.41, 5.74) is 1.15. The lowest BCUT2D eigenvalue weighted by atomic mass is 10.0. The highest BCUT2D eigenvalue weighted by atomic mass is 16.5. The normalized spacial score (nSPS) is 10.5. The van der Waals surface area contributed by atoms with Gasteiger partial charge in [-0.15, -0.1) is 0 Å². The summed E-state index contributed by atoms with van der Waals surface area (Å²) < 4.78 is 15.9. The van der Waals surface area contributed by atoms with Crippen LogP contribution in [0.2, 0.25) is 0 Å². The fourth-order valence-electron chi connectivity index (χ4n) is 2.40. The zero-order valence-corrected chi connectivity index (χ0v) is 12.8. The van der Waals surface area contributed by atoms with Gasteiger partial charge in [-0.05, 0) is 18.2 Å². The number of methoxy groups -OCH3 is 1. The number of aliphatic carboxylic acids is 1. The van der Waals surface area contributed by atoms with Gasteiger partial charge in [-0.3, -0.25) is 4.79 Å². The van der Waals surface area contributed by atoms with Crippen molar-refractivity contribution in [2.24, 2.45) is 0 Å². The predicted molar refractivity (Wildman–Crippen MR) is 87.6 cm³/mol. The van der Waals surface area contributed by atoms with Crippen LogP contribution in [0, 0.1) is 0 Å². The van der Waals surface area contributed by atoms with Crippen LogP contribution in [0.5, 0.6) is 11.5 Å². The Morgan fingerprint density at radius 1 is 1.17 bits per heavy atom. The highest BCUT2D eigenvalue weighted by Gasteiger charge is 2.13. The number of hydrogen-bond acceptors (Lipinski definition) is 5. The van der Waals surface area contributed by atoms with E-state index in [4.69, 9.17) is 19.0 Å². The number of hydrogen-bond donors (Lipinski definition) is 1. The van der Waals surface area contributed by atoms with Gasteiger partial charge in [-0.1, -0.05) is 18.2 Å². The van der Waals surface area contributed by atoms with Crippen molar-refractivity contribution in [2.75, 3.05) is 13.7 Å². The van der Waals surface area contributed by atoms with E-state index in [2.05, 4.69) is 0 Å². The number of carboxylic acids is 1. The summed E-state index contributed by atoms with van der Waals surface area (Å²) in [5.74, 6) is -0.188. The first-order valence-electron chi connectivity index (χ1n) is 7.13. The number of ether oxygens (including phenoxy) is 2. The Balaban J connectivity index is 2.07. The van der Waals surface area contributed by atoms with Crippen LogP contribution >= 0.6 is 0 Å². The summed E-state index contributed by atoms with van der Waals surface area (Å²) >= 11 is 0. The molecule has 0 fully saturated rings. The second-order valence-electron chi connectivity index (χ2n) is 5.02. The van der Waals surface area contributed by atoms with Crippen LogP contribution < -0.4 is 14.9 Å². The topological polar surface area (TPSA) is 86.0 Å². The van der Waals surface area contributed by atoms with Crippen LogP contribution in [0.25, 0.3) is 22.1 Å². The Morgan fingerprint density at radius 3 is 2.71 bits per heavy atom. The smallest absolute Gasteiger partial charge is 0.341 e. The molecule has 0 bridgehead atoms. The summed E-state index contributed by atoms with van der Waals surface area (Å²) in [6, 6.07) is 11.8. The summed E-state index contributed by atoms with van der Waals surface area (Å²) in [4.78, 5) is 23.3. The van der Waals surface area contributed by atoms with Gasteiger partial charge >= 0.3 is 5.97 Å². The predicted octanol–water partition coefficient (Wildman–Crippen LogP) is 2.93. The third kappa shape index (κ3) is 2.94. The van der Waals surface area contributed by atoms with Crippen LogP contribution in [-0.2, 0) is 4.79 Å². The lowest BCUT2D eigenvalue weighted by Gasteiger charge is -2.08. The minimum absolute atomic E-state index is 0.203. The van der Waals surface area contributed by atoms with E-state index in [0.717, 1.165) is 0 Å². The lowest BCUT2D eigenvalue weighted by Crippen LogP contribution is -2.10. The molecule has 1 aromatic heterocycles. The maximum absolute atomic E-state index is 12.7. The molecule has 1 heterocycles. The Morgan fingerprint density at radius 2 is 1.96 bits per heavy atom. The van der Waals surface area contributed by atoms with Crippen molar-refractivity contribution in [1.29, 1.82) is 0 Å². The van der Waals surface area contributed by atoms with Crippen LogP contribution in [0.15, 0.2) is 57.9 Å². The van der Waals surface area contributed by atoms with Gasteiger partial charge in [-0.2, -0.15) is 0 Å². The average molecular weight is 326 g/mol. The summed E-state index contributed by atoms with van der Waals surface area (Å²) in [7, 11) is 1.54. The number of rotatable bonds is 5. The van der Waals surface area contributed by atoms with Crippen molar-refractivity contribution in [1.82, 2.24) is 0 Å². The second-order valence-corrected chi connectivity index (χ2v) is 5.02. The van der Waals surface area contributed by atoms with Crippen LogP contribution in [0.1, 0.15) is 0 Å². The van der Waals surface area contributed by atoms with Crippen molar-refractivity contribution in [3.63, 3.8) is 0 Å². The van der Waals surface area contributed by atoms with Gasteiger partial charge in [-0.25, -0.2) is 4.79 Å². The standard InChI is InChI=1S/C18H14O6/c1-22-15-5-3-2-4-12(15)14-9-24-16-8-11(23-10-17(19)20)6-7-13(16)18(14)21/h2-9H,10H2,1H3,(H,19,20). The molecule has 0 spiro atoms. The van der Waals surface area contributed by atoms with Gasteiger partial charge in [0, 0.05) is 11.6 Å². The maximum atomic E-state index is 12.7. The fraction of sp³-hybridized carbons (Fsp3) is 0.111. The molecule has 0 aliphatic rings. The van der Waals surface area contributed by atoms with E-state index in [-0.39, 0.29) is 5.43 Å². The molecular formula is C18H14O6. The second kappa shape index (κ2) is 6.45. The van der Waals surface area contributed by atoms with Crippen molar-refractivity contribution < 1.29 is 23.8 Å². The van der Waals surface area contributed by atoms with E-state index < -0.39 is 12.6 Å². The van der Waals surface area contributed by atoms with E-state index in [0.29, 0.717) is 33.6 Å². The van der Waals surface area contributed by atoms with Crippen molar-refractivity contribution in [2.45, 2.75) is 0 Å². The molecule has 122 valence electrons. The highest BCUT2D eigenvalue weighted by molar-refractivity contribution is 5.84. The van der Waals surface area contributed by atoms with E-state index in [1.165, 1.54) is 25.5 Å². The average Bonchev–Trinajstić information content (AvgIpc) is 2.60. The van der Waals surface area contributed by atoms with Crippen molar-refractivity contribution in [3.8, 4) is 22.6 Å². The molecule has 0 unspecified atom stereocenters. The van der Waals surface area contributed by atoms with Crippen LogP contribution in [-0.4, -0.2) is 24.8 Å². The molecule has 0 amide bonds. The van der Waals surface area contributed by atoms with Crippen molar-refractivity contribution in [3.05, 3.63) is 59.0 Å². The zero-order valence-electron chi connectivity index (χ0n) is 12.8. The van der Waals surface area contributed by atoms with Gasteiger partial charge in [0.05, 0.1) is 18.1 Å². The lowest BCUT2D eigenvalue weighted by molar-refractivity contribution is -0.139. The molecule has 2 aromatic carbocycles. The van der Waals surface area contributed by atoms with E-state index in [1.807, 2.05) is 12.1 Å². The third-order valence-electron chi connectivity index (χ3n) is 3.51. The number of carbonyl (C=O) groups is 1. The first-order chi connectivity index (χ1) is 11.6. The first-order valence-corrected chi connectivity index (χ1v) is 7.13. The van der Waals surface area contributed by atoms with E-state index in [9.17, 15) is 9.59 Å². The molecule has 24 heavy (non-hydrogen) atoms. The Hall–Kier alpha value is -3.28. The molecule has 3 aromatic rings. The van der Waals surface area contributed by atoms with Gasteiger partial charge in [0.2, 0.25) is 5.43 Å². The quantitative estimate of drug-likeness (QED) is 0.776. The summed E-state index contributed by atoms with van der Waals surface area (Å²) in [6.45, 7) is -0.463. The molecular weight excluding hydrogens is 312 g/mol. The molecule has 0 atom stereocenters. The Labute approximate surface area is 136 Å². The minimum Gasteiger partial charge on any atom is -0.496 e. The van der Waals surface area contributed by atoms with Crippen LogP contribution in [0.3, 0.4) is 0 Å². The molecule has 6 heteroatoms. The molecule has 0 saturated heterocycles. The monoisotopic (exact) mass is 326 g/mol. The van der Waals surface area contributed by atoms with Gasteiger partial charge in [0.25, 0.3) is 0 Å². The third-order valence-corrected chi connectivity index (χ3v) is 3.51. The van der Waals surface area contributed by atoms with Gasteiger partial charge in [0.1, 0.15) is 23.3 Å². The number of benzene rings is 2. The molecule has 0 aliphatic heterocycles. The summed E-state index contributed by atoms with van der Waals surface area (Å²) in [5, 5.41) is 9.01. The summed E-state index contributed by atoms with van der Waals surface area (Å²) in [6.07, 6.45) is 1.36. The largest absolute Gasteiger partial charge is 0.496 e. The van der Waals surface area contributed by atoms with Gasteiger partial charge < -0.3 is 19.0 Å². The highest BCUT2D eigenvalue weighted by Crippen LogP contribution is 2.29. The number of para-hydroxylation sites is 1. The maximum Gasteiger partial charge on any atom is 0.341 e. The SMILES string of the molecule is COc1ccccc1-c1coc2cc(OCC(=O)O)ccc2c1=O. The molecule has 0 aliphatic carbocycles. The minimum atomic E-state index is -1.08. The van der Waals surface area contributed by atoms with Crippen molar-refractivity contribution >= 4 is 16.9 Å². The number of carboxylic acid groups (broad SMARTS) is 1. The molecule has 3 rings (SSSR count). The van der Waals surface area contributed by atoms with E-state index >= 15 is 0 Å².